The highest BCUT2D eigenvalue weighted by Gasteiger charge is 2.23. The van der Waals surface area contributed by atoms with Crippen molar-refractivity contribution in [2.24, 2.45) is 0 Å². The number of hydrogen-bond acceptors (Lipinski definition) is 6. The highest BCUT2D eigenvalue weighted by atomic mass is 35.5. The van der Waals surface area contributed by atoms with Crippen molar-refractivity contribution in [2.45, 2.75) is 13.8 Å². The van der Waals surface area contributed by atoms with E-state index < -0.39 is 17.8 Å². The van der Waals surface area contributed by atoms with E-state index in [1.54, 1.807) is 13.8 Å². The van der Waals surface area contributed by atoms with Gasteiger partial charge in [-0.1, -0.05) is 11.6 Å². The first-order chi connectivity index (χ1) is 13.3. The number of H-pyrrole nitrogens is 1. The lowest BCUT2D eigenvalue weighted by molar-refractivity contribution is 0.0386. The molecule has 4 N–H and O–H groups in total. The number of aromatic hydroxyl groups is 1. The van der Waals surface area contributed by atoms with Gasteiger partial charge in [0.25, 0.3) is 11.8 Å². The molecule has 1 aromatic carbocycles. The molecule has 0 aliphatic rings. The van der Waals surface area contributed by atoms with Gasteiger partial charge in [0, 0.05) is 17.8 Å². The van der Waals surface area contributed by atoms with Crippen LogP contribution in [-0.4, -0.2) is 48.2 Å². The summed E-state index contributed by atoms with van der Waals surface area (Å²) in [5, 5.41) is 9.97. The summed E-state index contributed by atoms with van der Waals surface area (Å²) in [6.45, 7) is 3.54. The van der Waals surface area contributed by atoms with Crippen LogP contribution in [0.1, 0.15) is 42.5 Å². The van der Waals surface area contributed by atoms with Crippen LogP contribution in [0.5, 0.6) is 5.75 Å². The fraction of sp³-hybridized carbons (Fsp3) is 0.278. The summed E-state index contributed by atoms with van der Waals surface area (Å²) in [7, 11) is 1.49. The highest BCUT2D eigenvalue weighted by Crippen LogP contribution is 2.21. The van der Waals surface area contributed by atoms with E-state index in [1.165, 1.54) is 25.3 Å². The second-order valence-corrected chi connectivity index (χ2v) is 6.26. The van der Waals surface area contributed by atoms with Crippen molar-refractivity contribution in [2.75, 3.05) is 20.3 Å². The zero-order chi connectivity index (χ0) is 20.8. The van der Waals surface area contributed by atoms with E-state index >= 15 is 0 Å². The fourth-order valence-corrected chi connectivity index (χ4v) is 2.68. The summed E-state index contributed by atoms with van der Waals surface area (Å²) in [6, 6.07) is 3.94. The van der Waals surface area contributed by atoms with Crippen LogP contribution in [0.4, 0.5) is 0 Å². The van der Waals surface area contributed by atoms with Gasteiger partial charge in [-0.25, -0.2) is 4.79 Å². The topological polar surface area (TPSA) is 130 Å². The Balaban J connectivity index is 2.08. The number of rotatable bonds is 6. The van der Waals surface area contributed by atoms with E-state index in [4.69, 9.17) is 21.1 Å². The molecule has 150 valence electrons. The molecule has 28 heavy (non-hydrogen) atoms. The smallest absolute Gasteiger partial charge is 0.340 e. The maximum Gasteiger partial charge on any atom is 0.340 e. The van der Waals surface area contributed by atoms with Crippen molar-refractivity contribution in [1.29, 1.82) is 0 Å². The van der Waals surface area contributed by atoms with Crippen LogP contribution in [0.2, 0.25) is 5.02 Å². The van der Waals surface area contributed by atoms with E-state index in [1.807, 2.05) is 0 Å². The number of phenols is 1. The third kappa shape index (κ3) is 4.81. The van der Waals surface area contributed by atoms with Crippen LogP contribution in [0.25, 0.3) is 0 Å². The molecular weight excluding hydrogens is 390 g/mol. The van der Waals surface area contributed by atoms with Gasteiger partial charge in [-0.15, -0.1) is 0 Å². The summed E-state index contributed by atoms with van der Waals surface area (Å²) in [5.41, 5.74) is 5.45. The molecule has 0 aliphatic heterocycles. The van der Waals surface area contributed by atoms with Crippen LogP contribution in [0.3, 0.4) is 0 Å². The van der Waals surface area contributed by atoms with Crippen molar-refractivity contribution in [3.05, 3.63) is 51.3 Å². The van der Waals surface area contributed by atoms with Gasteiger partial charge in [0.1, 0.15) is 18.1 Å². The summed E-state index contributed by atoms with van der Waals surface area (Å²) in [4.78, 5) is 39.5. The average Bonchev–Trinajstić information content (AvgIpc) is 2.96. The molecule has 1 aromatic heterocycles. The van der Waals surface area contributed by atoms with Gasteiger partial charge in [-0.05, 0) is 37.6 Å². The van der Waals surface area contributed by atoms with Gasteiger partial charge in [-0.3, -0.25) is 20.4 Å². The van der Waals surface area contributed by atoms with Crippen molar-refractivity contribution in [1.82, 2.24) is 15.8 Å². The number of esters is 1. The molecule has 0 bridgehead atoms. The summed E-state index contributed by atoms with van der Waals surface area (Å²) < 4.78 is 9.90. The van der Waals surface area contributed by atoms with E-state index in [0.717, 1.165) is 0 Å². The standard InChI is InChI=1S/C18H20ClN3O6/c1-9-14(18(26)28-7-6-27-3)10(2)20-15(9)17(25)22-21-16(24)12-8-11(19)4-5-13(12)23/h4-5,8,20,23H,6-7H2,1-3H3,(H,21,24)(H,22,25). The Hall–Kier alpha value is -3.04. The first-order valence-corrected chi connectivity index (χ1v) is 8.58. The summed E-state index contributed by atoms with van der Waals surface area (Å²) in [6.07, 6.45) is 0. The number of hydrogen-bond donors (Lipinski definition) is 4. The number of ether oxygens (including phenoxy) is 2. The molecule has 0 atom stereocenters. The molecule has 0 fully saturated rings. The molecule has 2 rings (SSSR count). The lowest BCUT2D eigenvalue weighted by atomic mass is 10.1. The first kappa shape index (κ1) is 21.3. The zero-order valence-electron chi connectivity index (χ0n) is 15.5. The van der Waals surface area contributed by atoms with Gasteiger partial charge in [0.15, 0.2) is 0 Å². The largest absolute Gasteiger partial charge is 0.507 e. The van der Waals surface area contributed by atoms with Gasteiger partial charge in [0.05, 0.1) is 17.7 Å². The predicted octanol–water partition coefficient (Wildman–Crippen LogP) is 1.87. The summed E-state index contributed by atoms with van der Waals surface area (Å²) in [5.74, 6) is -2.31. The molecule has 0 unspecified atom stereocenters. The van der Waals surface area contributed by atoms with Gasteiger partial charge >= 0.3 is 5.97 Å². The van der Waals surface area contributed by atoms with Crippen molar-refractivity contribution < 1.29 is 29.0 Å². The van der Waals surface area contributed by atoms with E-state index in [2.05, 4.69) is 15.8 Å². The Labute approximate surface area is 165 Å². The van der Waals surface area contributed by atoms with Gasteiger partial charge in [-0.2, -0.15) is 0 Å². The molecular formula is C18H20ClN3O6. The first-order valence-electron chi connectivity index (χ1n) is 8.20. The lowest BCUT2D eigenvalue weighted by Gasteiger charge is -2.09. The Morgan fingerprint density at radius 2 is 1.82 bits per heavy atom. The molecule has 0 radical (unpaired) electrons. The molecule has 2 aromatic rings. The Morgan fingerprint density at radius 1 is 1.14 bits per heavy atom. The summed E-state index contributed by atoms with van der Waals surface area (Å²) >= 11 is 5.80. The number of amides is 2. The van der Waals surface area contributed by atoms with E-state index in [9.17, 15) is 19.5 Å². The molecule has 9 nitrogen and oxygen atoms in total. The maximum atomic E-state index is 12.4. The van der Waals surface area contributed by atoms with Crippen molar-refractivity contribution in [3.8, 4) is 5.75 Å². The highest BCUT2D eigenvalue weighted by molar-refractivity contribution is 6.31. The number of benzene rings is 1. The van der Waals surface area contributed by atoms with Crippen LogP contribution >= 0.6 is 11.6 Å². The molecule has 0 aliphatic carbocycles. The number of carbonyl (C=O) groups is 3. The number of aryl methyl sites for hydroxylation is 1. The second kappa shape index (κ2) is 9.25. The normalized spacial score (nSPS) is 10.4. The number of carbonyl (C=O) groups excluding carboxylic acids is 3. The van der Waals surface area contributed by atoms with Crippen LogP contribution < -0.4 is 10.9 Å². The Bertz CT molecular complexity index is 909. The number of halogens is 1. The second-order valence-electron chi connectivity index (χ2n) is 5.82. The van der Waals surface area contributed by atoms with Crippen LogP contribution in [0, 0.1) is 13.8 Å². The zero-order valence-corrected chi connectivity index (χ0v) is 16.3. The number of aromatic amines is 1. The number of aromatic nitrogens is 1. The Kier molecular flexibility index (Phi) is 7.02. The number of methoxy groups -OCH3 is 1. The maximum absolute atomic E-state index is 12.4. The average molecular weight is 410 g/mol. The molecule has 10 heteroatoms. The number of phenolic OH excluding ortho intramolecular Hbond substituents is 1. The third-order valence-corrected chi connectivity index (χ3v) is 4.12. The molecule has 2 amide bonds. The fourth-order valence-electron chi connectivity index (χ4n) is 2.51. The van der Waals surface area contributed by atoms with E-state index in [0.29, 0.717) is 11.3 Å². The van der Waals surface area contributed by atoms with Gasteiger partial charge in [0.2, 0.25) is 0 Å². The quantitative estimate of drug-likeness (QED) is 0.327. The van der Waals surface area contributed by atoms with Gasteiger partial charge < -0.3 is 19.6 Å². The molecule has 0 saturated carbocycles. The Morgan fingerprint density at radius 3 is 2.50 bits per heavy atom. The SMILES string of the molecule is COCCOC(=O)c1c(C)[nH]c(C(=O)NNC(=O)c2cc(Cl)ccc2O)c1C. The third-order valence-electron chi connectivity index (χ3n) is 3.88. The molecule has 0 spiro atoms. The van der Waals surface area contributed by atoms with Crippen LogP contribution in [-0.2, 0) is 9.47 Å². The minimum Gasteiger partial charge on any atom is -0.507 e. The van der Waals surface area contributed by atoms with Crippen molar-refractivity contribution >= 4 is 29.4 Å². The molecule has 1 heterocycles. The van der Waals surface area contributed by atoms with E-state index in [-0.39, 0.29) is 40.8 Å². The van der Waals surface area contributed by atoms with Crippen molar-refractivity contribution in [3.63, 3.8) is 0 Å². The predicted molar refractivity (Wildman–Crippen MR) is 100 cm³/mol. The number of nitrogens with one attached hydrogen (secondary N) is 3. The number of hydrazine groups is 1. The van der Waals surface area contributed by atoms with Crippen LogP contribution in [0.15, 0.2) is 18.2 Å². The monoisotopic (exact) mass is 409 g/mol. The lowest BCUT2D eigenvalue weighted by Crippen LogP contribution is -2.42. The molecule has 0 saturated heterocycles. The minimum absolute atomic E-state index is 0.0834. The minimum atomic E-state index is -0.756.